The monoisotopic (exact) mass is 228 g/mol. The lowest BCUT2D eigenvalue weighted by Gasteiger charge is -2.24. The molecule has 0 spiro atoms. The fraction of sp³-hybridized carbons (Fsp3) is 1.00. The van der Waals surface area contributed by atoms with Crippen LogP contribution in [0.5, 0.6) is 0 Å². The topological polar surface area (TPSA) is 116 Å². The predicted molar refractivity (Wildman–Crippen MR) is 58.9 cm³/mol. The fourth-order valence-electron chi connectivity index (χ4n) is 1.22. The zero-order valence-corrected chi connectivity index (χ0v) is 9.48. The molecule has 1 unspecified atom stereocenters. The summed E-state index contributed by atoms with van der Waals surface area (Å²) < 4.78 is 10.8. The minimum absolute atomic E-state index is 0.163. The van der Waals surface area contributed by atoms with E-state index in [2.05, 4.69) is 20.1 Å². The zero-order chi connectivity index (χ0) is 12.2. The number of rotatable bonds is 9. The molecule has 0 aromatic heterocycles. The van der Waals surface area contributed by atoms with Crippen molar-refractivity contribution in [3.05, 3.63) is 20.9 Å². The molecule has 0 rings (SSSR count). The van der Waals surface area contributed by atoms with E-state index < -0.39 is 0 Å². The van der Waals surface area contributed by atoms with Gasteiger partial charge in [-0.15, -0.1) is 0 Å². The molecule has 0 amide bonds. The highest BCUT2D eigenvalue weighted by atomic mass is 16.5. The van der Waals surface area contributed by atoms with Crippen molar-refractivity contribution < 1.29 is 9.47 Å². The van der Waals surface area contributed by atoms with Gasteiger partial charge in [0.1, 0.15) is 0 Å². The van der Waals surface area contributed by atoms with Crippen molar-refractivity contribution in [2.75, 3.05) is 26.3 Å². The van der Waals surface area contributed by atoms with Crippen LogP contribution in [0, 0.1) is 0 Å². The van der Waals surface area contributed by atoms with Gasteiger partial charge in [0, 0.05) is 23.0 Å². The maximum atomic E-state index is 8.25. The van der Waals surface area contributed by atoms with Crippen molar-refractivity contribution in [3.63, 3.8) is 0 Å². The van der Waals surface area contributed by atoms with Crippen LogP contribution in [0.1, 0.15) is 13.8 Å². The van der Waals surface area contributed by atoms with Crippen molar-refractivity contribution in [1.29, 1.82) is 0 Å². The van der Waals surface area contributed by atoms with Gasteiger partial charge in [0.2, 0.25) is 0 Å². The molecule has 0 heterocycles. The standard InChI is InChI=1S/C8H16N6O2/c1-3-15-7(5-11-13-9)8(16-4-2)6-12-14-10/h7-8H,3-6H2,1-2H3/t7-,8?/m0/s1. The summed E-state index contributed by atoms with van der Waals surface area (Å²) in [5.41, 5.74) is 16.5. The summed E-state index contributed by atoms with van der Waals surface area (Å²) in [4.78, 5) is 5.33. The predicted octanol–water partition coefficient (Wildman–Crippen LogP) is 2.42. The summed E-state index contributed by atoms with van der Waals surface area (Å²) in [7, 11) is 0. The lowest BCUT2D eigenvalue weighted by atomic mass is 10.2. The molecule has 0 bridgehead atoms. The molecule has 0 radical (unpaired) electrons. The van der Waals surface area contributed by atoms with Crippen LogP contribution >= 0.6 is 0 Å². The van der Waals surface area contributed by atoms with E-state index in [1.54, 1.807) is 0 Å². The second-order valence-electron chi connectivity index (χ2n) is 2.81. The van der Waals surface area contributed by atoms with Gasteiger partial charge in [-0.05, 0) is 24.9 Å². The first-order chi connectivity index (χ1) is 7.79. The number of nitrogens with zero attached hydrogens (tertiary/aromatic N) is 6. The summed E-state index contributed by atoms with van der Waals surface area (Å²) in [6.07, 6.45) is -0.766. The summed E-state index contributed by atoms with van der Waals surface area (Å²) in [5.74, 6) is 0. The van der Waals surface area contributed by atoms with Crippen LogP contribution in [-0.4, -0.2) is 38.5 Å². The average Bonchev–Trinajstić information content (AvgIpc) is 2.30. The maximum Gasteiger partial charge on any atom is 0.0894 e. The summed E-state index contributed by atoms with van der Waals surface area (Å²) in [6.45, 7) is 4.95. The fourth-order valence-corrected chi connectivity index (χ4v) is 1.22. The lowest BCUT2D eigenvalue weighted by Crippen LogP contribution is -2.36. The lowest BCUT2D eigenvalue weighted by molar-refractivity contribution is -0.0574. The Labute approximate surface area is 93.8 Å². The second-order valence-corrected chi connectivity index (χ2v) is 2.81. The molecule has 0 saturated carbocycles. The number of azide groups is 2. The highest BCUT2D eigenvalue weighted by molar-refractivity contribution is 4.76. The Morgan fingerprint density at radius 1 is 0.938 bits per heavy atom. The van der Waals surface area contributed by atoms with Gasteiger partial charge < -0.3 is 9.47 Å². The van der Waals surface area contributed by atoms with Gasteiger partial charge in [-0.1, -0.05) is 10.2 Å². The molecule has 0 aliphatic carbocycles. The molecule has 0 aliphatic heterocycles. The molecule has 90 valence electrons. The minimum atomic E-state index is -0.383. The molecule has 0 saturated heterocycles. The van der Waals surface area contributed by atoms with Gasteiger partial charge in [0.25, 0.3) is 0 Å². The van der Waals surface area contributed by atoms with Crippen molar-refractivity contribution in [2.45, 2.75) is 26.1 Å². The SMILES string of the molecule is CCOC(CN=[N+]=[N-])[C@H](CN=[N+]=[N-])OCC. The van der Waals surface area contributed by atoms with Crippen LogP contribution < -0.4 is 0 Å². The van der Waals surface area contributed by atoms with E-state index in [0.717, 1.165) is 0 Å². The van der Waals surface area contributed by atoms with Gasteiger partial charge in [0.05, 0.1) is 25.3 Å². The van der Waals surface area contributed by atoms with Gasteiger partial charge in [-0.25, -0.2) is 0 Å². The van der Waals surface area contributed by atoms with Crippen molar-refractivity contribution in [1.82, 2.24) is 0 Å². The summed E-state index contributed by atoms with van der Waals surface area (Å²) in [6, 6.07) is 0. The van der Waals surface area contributed by atoms with Crippen LogP contribution in [0.2, 0.25) is 0 Å². The quantitative estimate of drug-likeness (QED) is 0.342. The Morgan fingerprint density at radius 3 is 1.56 bits per heavy atom. The molecular weight excluding hydrogens is 212 g/mol. The van der Waals surface area contributed by atoms with E-state index in [9.17, 15) is 0 Å². The molecule has 0 aliphatic rings. The first-order valence-electron chi connectivity index (χ1n) is 5.05. The van der Waals surface area contributed by atoms with E-state index in [-0.39, 0.29) is 25.3 Å². The Morgan fingerprint density at radius 2 is 1.31 bits per heavy atom. The molecule has 0 N–H and O–H groups in total. The molecule has 0 fully saturated rings. The third-order valence-electron chi connectivity index (χ3n) is 1.83. The van der Waals surface area contributed by atoms with Crippen LogP contribution in [0.3, 0.4) is 0 Å². The van der Waals surface area contributed by atoms with Gasteiger partial charge in [0.15, 0.2) is 0 Å². The highest BCUT2D eigenvalue weighted by Crippen LogP contribution is 2.07. The van der Waals surface area contributed by atoms with E-state index in [0.29, 0.717) is 13.2 Å². The smallest absolute Gasteiger partial charge is 0.0894 e. The Bertz CT molecular complexity index is 244. The Kier molecular flexibility index (Phi) is 9.15. The third kappa shape index (κ3) is 6.10. The van der Waals surface area contributed by atoms with Crippen LogP contribution in [-0.2, 0) is 9.47 Å². The minimum Gasteiger partial charge on any atom is -0.376 e. The number of ether oxygens (including phenoxy) is 2. The molecular formula is C8H16N6O2. The highest BCUT2D eigenvalue weighted by Gasteiger charge is 2.20. The van der Waals surface area contributed by atoms with Crippen molar-refractivity contribution in [2.24, 2.45) is 10.2 Å². The van der Waals surface area contributed by atoms with Crippen LogP contribution in [0.4, 0.5) is 0 Å². The molecule has 0 aromatic rings. The van der Waals surface area contributed by atoms with Crippen molar-refractivity contribution in [3.8, 4) is 0 Å². The van der Waals surface area contributed by atoms with E-state index >= 15 is 0 Å². The largest absolute Gasteiger partial charge is 0.376 e. The average molecular weight is 228 g/mol. The number of hydrogen-bond acceptors (Lipinski definition) is 4. The van der Waals surface area contributed by atoms with Gasteiger partial charge in [-0.2, -0.15) is 0 Å². The Hall–Kier alpha value is -1.46. The Balaban J connectivity index is 4.47. The third-order valence-corrected chi connectivity index (χ3v) is 1.83. The van der Waals surface area contributed by atoms with Gasteiger partial charge >= 0.3 is 0 Å². The normalized spacial score (nSPS) is 13.4. The number of hydrogen-bond donors (Lipinski definition) is 0. The molecule has 16 heavy (non-hydrogen) atoms. The van der Waals surface area contributed by atoms with E-state index in [1.807, 2.05) is 13.8 Å². The van der Waals surface area contributed by atoms with Crippen LogP contribution in [0.25, 0.3) is 20.9 Å². The maximum absolute atomic E-state index is 8.25. The summed E-state index contributed by atoms with van der Waals surface area (Å²) >= 11 is 0. The van der Waals surface area contributed by atoms with E-state index in [1.165, 1.54) is 0 Å². The van der Waals surface area contributed by atoms with E-state index in [4.69, 9.17) is 20.5 Å². The zero-order valence-electron chi connectivity index (χ0n) is 9.48. The van der Waals surface area contributed by atoms with Gasteiger partial charge in [-0.3, -0.25) is 0 Å². The first kappa shape index (κ1) is 14.5. The first-order valence-corrected chi connectivity index (χ1v) is 5.05. The second kappa shape index (κ2) is 10.1. The molecule has 0 aromatic carbocycles. The van der Waals surface area contributed by atoms with Crippen LogP contribution in [0.15, 0.2) is 10.2 Å². The summed E-state index contributed by atoms with van der Waals surface area (Å²) in [5, 5.41) is 6.89. The molecule has 8 heteroatoms. The van der Waals surface area contributed by atoms with Crippen molar-refractivity contribution >= 4 is 0 Å². The molecule has 2 atom stereocenters. The molecule has 8 nitrogen and oxygen atoms in total.